The predicted octanol–water partition coefficient (Wildman–Crippen LogP) is 3.35. The van der Waals surface area contributed by atoms with Gasteiger partial charge >= 0.3 is 0 Å². The zero-order chi connectivity index (χ0) is 7.44. The van der Waals surface area contributed by atoms with Crippen LogP contribution in [0.5, 0.6) is 0 Å². The van der Waals surface area contributed by atoms with E-state index in [9.17, 15) is 0 Å². The molecule has 0 spiro atoms. The number of thiol groups is 1. The third-order valence-electron chi connectivity index (χ3n) is 0.982. The van der Waals surface area contributed by atoms with Gasteiger partial charge in [-0.3, -0.25) is 0 Å². The predicted molar refractivity (Wildman–Crippen MR) is 62.0 cm³/mol. The molecule has 0 nitrogen and oxygen atoms in total. The van der Waals surface area contributed by atoms with Crippen molar-refractivity contribution in [3.8, 4) is 0 Å². The van der Waals surface area contributed by atoms with E-state index >= 15 is 0 Å². The number of hydrogen-bond donors (Lipinski definition) is 1. The van der Waals surface area contributed by atoms with Gasteiger partial charge < -0.3 is 0 Å². The molecule has 0 amide bonds. The second kappa shape index (κ2) is 5.80. The van der Waals surface area contributed by atoms with Crippen LogP contribution in [0.2, 0.25) is 0 Å². The van der Waals surface area contributed by atoms with Crippen LogP contribution in [0.25, 0.3) is 0 Å². The molecule has 0 saturated heterocycles. The Morgan fingerprint density at radius 3 is 1.70 bits per heavy atom. The zero-order valence-electron chi connectivity index (χ0n) is 5.76. The summed E-state index contributed by atoms with van der Waals surface area (Å²) in [6, 6.07) is 0. The van der Waals surface area contributed by atoms with Crippen molar-refractivity contribution in [3.05, 3.63) is 48.4 Å². The van der Waals surface area contributed by atoms with E-state index in [0.717, 1.165) is 11.1 Å². The second-order valence-corrected chi connectivity index (χ2v) is 2.19. The first-order valence-electron chi connectivity index (χ1n) is 2.48. The molecule has 0 atom stereocenters. The minimum Gasteiger partial charge on any atom is -0.143 e. The summed E-state index contributed by atoms with van der Waals surface area (Å²) in [6.07, 6.45) is 1.63. The average molecular weight is 266 g/mol. The normalized spacial score (nSPS) is 7.30. The number of hydrogen-bond acceptors (Lipinski definition) is 1. The van der Waals surface area contributed by atoms with Gasteiger partial charge in [0.25, 0.3) is 0 Å². The van der Waals surface area contributed by atoms with E-state index in [1.165, 1.54) is 0 Å². The van der Waals surface area contributed by atoms with Crippen LogP contribution in [0.1, 0.15) is 0 Å². The lowest BCUT2D eigenvalue weighted by atomic mass is 10.1. The van der Waals surface area contributed by atoms with Gasteiger partial charge in [-0.2, -0.15) is 0 Å². The van der Waals surface area contributed by atoms with Crippen LogP contribution in [0.15, 0.2) is 48.4 Å². The highest BCUT2D eigenvalue weighted by Crippen LogP contribution is 2.16. The van der Waals surface area contributed by atoms with Crippen molar-refractivity contribution in [2.75, 3.05) is 0 Å². The summed E-state index contributed by atoms with van der Waals surface area (Å²) in [5.74, 6) is 0. The van der Waals surface area contributed by atoms with Crippen molar-refractivity contribution >= 4 is 36.6 Å². The maximum atomic E-state index is 3.98. The van der Waals surface area contributed by atoms with Gasteiger partial charge in [0.2, 0.25) is 0 Å². The van der Waals surface area contributed by atoms with Crippen LogP contribution < -0.4 is 0 Å². The van der Waals surface area contributed by atoms with Gasteiger partial charge in [-0.1, -0.05) is 32.4 Å². The molecule has 0 aromatic heterocycles. The van der Waals surface area contributed by atoms with Crippen LogP contribution in [-0.4, -0.2) is 0 Å². The van der Waals surface area contributed by atoms with Crippen LogP contribution in [0.4, 0.5) is 0 Å². The Hall–Kier alpha value is 0.0400. The van der Waals surface area contributed by atoms with Gasteiger partial charge in [0, 0.05) is 4.91 Å². The quantitative estimate of drug-likeness (QED) is 0.452. The molecule has 0 heterocycles. The van der Waals surface area contributed by atoms with Crippen molar-refractivity contribution in [2.24, 2.45) is 0 Å². The van der Waals surface area contributed by atoms with Crippen molar-refractivity contribution in [1.82, 2.24) is 0 Å². The maximum absolute atomic E-state index is 3.98. The van der Waals surface area contributed by atoms with Crippen LogP contribution >= 0.6 is 36.6 Å². The first-order valence-corrected chi connectivity index (χ1v) is 2.93. The summed E-state index contributed by atoms with van der Waals surface area (Å²) in [7, 11) is 0. The monoisotopic (exact) mass is 266 g/mol. The van der Waals surface area contributed by atoms with E-state index in [1.54, 1.807) is 6.08 Å². The lowest BCUT2D eigenvalue weighted by molar-refractivity contribution is 1.61. The van der Waals surface area contributed by atoms with E-state index in [4.69, 9.17) is 0 Å². The van der Waals surface area contributed by atoms with E-state index < -0.39 is 0 Å². The van der Waals surface area contributed by atoms with Gasteiger partial charge in [-0.15, -0.1) is 36.6 Å². The Labute approximate surface area is 84.8 Å². The van der Waals surface area contributed by atoms with Crippen molar-refractivity contribution in [1.29, 1.82) is 0 Å². The van der Waals surface area contributed by atoms with Crippen molar-refractivity contribution < 1.29 is 0 Å². The molecule has 0 aliphatic rings. The molecular weight excluding hydrogens is 255 g/mol. The minimum absolute atomic E-state index is 0. The number of allylic oxidation sites excluding steroid dienone is 3. The Morgan fingerprint density at radius 2 is 1.60 bits per heavy atom. The Bertz CT molecular complexity index is 180. The zero-order valence-corrected chi connectivity index (χ0v) is 8.99. The van der Waals surface area contributed by atoms with Crippen LogP contribution in [0, 0.1) is 0 Å². The molecule has 0 radical (unpaired) electrons. The van der Waals surface area contributed by atoms with Gasteiger partial charge in [0.15, 0.2) is 0 Å². The smallest absolute Gasteiger partial charge is 0.00404 e. The molecule has 0 N–H and O–H groups in total. The summed E-state index contributed by atoms with van der Waals surface area (Å²) in [6.45, 7) is 14.5. The molecule has 56 valence electrons. The molecule has 0 bridgehead atoms. The molecule has 0 saturated carbocycles. The lowest BCUT2D eigenvalue weighted by Crippen LogP contribution is -1.79. The number of rotatable bonds is 3. The standard InChI is InChI=1S/C8H10S.HI/c1-5-6(2)7(3)8(4)9;/h5,9H,1-4H2;1H. The van der Waals surface area contributed by atoms with Gasteiger partial charge in [-0.25, -0.2) is 0 Å². The highest BCUT2D eigenvalue weighted by molar-refractivity contribution is 14.0. The maximum Gasteiger partial charge on any atom is 0.00404 e. The summed E-state index contributed by atoms with van der Waals surface area (Å²) >= 11 is 3.98. The molecule has 0 aromatic rings. The van der Waals surface area contributed by atoms with Crippen LogP contribution in [0.3, 0.4) is 0 Å². The Balaban J connectivity index is 0. The lowest BCUT2D eigenvalue weighted by Gasteiger charge is -2.00. The van der Waals surface area contributed by atoms with Crippen molar-refractivity contribution in [3.63, 3.8) is 0 Å². The molecule has 0 rings (SSSR count). The summed E-state index contributed by atoms with van der Waals surface area (Å²) < 4.78 is 0. The third-order valence-corrected chi connectivity index (χ3v) is 1.25. The highest BCUT2D eigenvalue weighted by Gasteiger charge is 1.94. The Morgan fingerprint density at radius 1 is 1.20 bits per heavy atom. The fraction of sp³-hybridized carbons (Fsp3) is 0. The SMILES string of the molecule is C=CC(=C)C(=C)C(=C)S.I. The van der Waals surface area contributed by atoms with Gasteiger partial charge in [0.05, 0.1) is 0 Å². The first-order chi connectivity index (χ1) is 4.09. The molecule has 0 aliphatic heterocycles. The fourth-order valence-electron chi connectivity index (χ4n) is 0.309. The highest BCUT2D eigenvalue weighted by atomic mass is 127. The number of halogens is 1. The van der Waals surface area contributed by atoms with E-state index in [2.05, 4.69) is 38.9 Å². The molecule has 0 unspecified atom stereocenters. The van der Waals surface area contributed by atoms with Crippen LogP contribution in [-0.2, 0) is 0 Å². The Kier molecular flexibility index (Phi) is 7.36. The molecule has 2 heteroatoms. The first kappa shape index (κ1) is 12.7. The molecule has 0 aliphatic carbocycles. The summed E-state index contributed by atoms with van der Waals surface area (Å²) in [5, 5.41) is 0. The van der Waals surface area contributed by atoms with Crippen molar-refractivity contribution in [2.45, 2.75) is 0 Å². The van der Waals surface area contributed by atoms with E-state index in [1.807, 2.05) is 0 Å². The minimum atomic E-state index is 0. The molecule has 10 heavy (non-hydrogen) atoms. The molecule has 0 aromatic carbocycles. The third kappa shape index (κ3) is 3.95. The summed E-state index contributed by atoms with van der Waals surface area (Å²) in [5.41, 5.74) is 1.52. The van der Waals surface area contributed by atoms with E-state index in [0.29, 0.717) is 4.91 Å². The topological polar surface area (TPSA) is 0 Å². The molecular formula is C8H11IS. The fourth-order valence-corrected chi connectivity index (χ4v) is 0.452. The largest absolute Gasteiger partial charge is 0.143 e. The molecule has 0 fully saturated rings. The summed E-state index contributed by atoms with van der Waals surface area (Å²) in [4.78, 5) is 0.639. The van der Waals surface area contributed by atoms with Gasteiger partial charge in [-0.05, 0) is 11.1 Å². The van der Waals surface area contributed by atoms with Gasteiger partial charge in [0.1, 0.15) is 0 Å². The van der Waals surface area contributed by atoms with E-state index in [-0.39, 0.29) is 24.0 Å². The average Bonchev–Trinajstić information content (AvgIpc) is 1.84. The second-order valence-electron chi connectivity index (χ2n) is 1.65.